The zero-order chi connectivity index (χ0) is 14.0. The number of rotatable bonds is 3. The van der Waals surface area contributed by atoms with Crippen LogP contribution in [0.5, 0.6) is 0 Å². The Morgan fingerprint density at radius 3 is 2.79 bits per heavy atom. The van der Waals surface area contributed by atoms with E-state index in [2.05, 4.69) is 18.7 Å². The van der Waals surface area contributed by atoms with Gasteiger partial charge in [-0.3, -0.25) is 4.90 Å². The van der Waals surface area contributed by atoms with Gasteiger partial charge >= 0.3 is 5.97 Å². The number of esters is 1. The van der Waals surface area contributed by atoms with Gasteiger partial charge < -0.3 is 10.5 Å². The lowest BCUT2D eigenvalue weighted by Gasteiger charge is -2.22. The second kappa shape index (κ2) is 5.61. The molecule has 1 heterocycles. The normalized spacial score (nSPS) is 23.5. The summed E-state index contributed by atoms with van der Waals surface area (Å²) < 4.78 is 4.83. The Kier molecular flexibility index (Phi) is 4.10. The smallest absolute Gasteiger partial charge is 0.340 e. The summed E-state index contributed by atoms with van der Waals surface area (Å²) in [7, 11) is 1.39. The maximum atomic E-state index is 11.9. The molecule has 0 aliphatic carbocycles. The van der Waals surface area contributed by atoms with Crippen LogP contribution in [-0.2, 0) is 11.3 Å². The molecule has 0 spiro atoms. The highest BCUT2D eigenvalue weighted by Crippen LogP contribution is 2.27. The van der Waals surface area contributed by atoms with Crippen LogP contribution in [0.3, 0.4) is 0 Å². The van der Waals surface area contributed by atoms with Gasteiger partial charge in [0.25, 0.3) is 0 Å². The molecule has 0 bridgehead atoms. The molecule has 0 amide bonds. The number of hydrogen-bond donors (Lipinski definition) is 1. The number of likely N-dealkylation sites (tertiary alicyclic amines) is 1. The minimum atomic E-state index is -0.354. The zero-order valence-electron chi connectivity index (χ0n) is 11.8. The van der Waals surface area contributed by atoms with Crippen LogP contribution in [0, 0.1) is 5.92 Å². The molecule has 2 rings (SSSR count). The summed E-state index contributed by atoms with van der Waals surface area (Å²) in [6, 6.07) is 6.13. The van der Waals surface area contributed by atoms with Gasteiger partial charge in [0.05, 0.1) is 12.7 Å². The van der Waals surface area contributed by atoms with E-state index < -0.39 is 0 Å². The van der Waals surface area contributed by atoms with Crippen molar-refractivity contribution in [2.45, 2.75) is 32.9 Å². The van der Waals surface area contributed by atoms with Gasteiger partial charge in [0.1, 0.15) is 0 Å². The Morgan fingerprint density at radius 1 is 1.47 bits per heavy atom. The van der Waals surface area contributed by atoms with E-state index >= 15 is 0 Å². The van der Waals surface area contributed by atoms with Crippen molar-refractivity contribution in [3.63, 3.8) is 0 Å². The van der Waals surface area contributed by atoms with Crippen molar-refractivity contribution in [1.29, 1.82) is 0 Å². The second-order valence-corrected chi connectivity index (χ2v) is 5.49. The van der Waals surface area contributed by atoms with Crippen molar-refractivity contribution < 1.29 is 9.53 Å². The topological polar surface area (TPSA) is 55.6 Å². The molecular weight excluding hydrogens is 240 g/mol. The van der Waals surface area contributed by atoms with Gasteiger partial charge in [0, 0.05) is 24.8 Å². The fourth-order valence-electron chi connectivity index (χ4n) is 2.93. The van der Waals surface area contributed by atoms with Gasteiger partial charge in [-0.05, 0) is 30.9 Å². The highest BCUT2D eigenvalue weighted by atomic mass is 16.5. The highest BCUT2D eigenvalue weighted by Gasteiger charge is 2.27. The molecule has 0 aromatic heterocycles. The molecule has 1 aliphatic rings. The molecule has 2 N–H and O–H groups in total. The minimum Gasteiger partial charge on any atom is -0.465 e. The number of ether oxygens (including phenoxy) is 1. The average Bonchev–Trinajstić information content (AvgIpc) is 2.67. The van der Waals surface area contributed by atoms with E-state index in [1.165, 1.54) is 13.5 Å². The zero-order valence-corrected chi connectivity index (χ0v) is 11.8. The van der Waals surface area contributed by atoms with Gasteiger partial charge in [0.2, 0.25) is 0 Å². The number of nitrogen functional groups attached to an aromatic ring is 1. The van der Waals surface area contributed by atoms with Crippen LogP contribution < -0.4 is 5.73 Å². The second-order valence-electron chi connectivity index (χ2n) is 5.49. The first-order valence-corrected chi connectivity index (χ1v) is 6.72. The number of benzene rings is 1. The van der Waals surface area contributed by atoms with Crippen LogP contribution in [0.4, 0.5) is 5.69 Å². The highest BCUT2D eigenvalue weighted by molar-refractivity contribution is 5.96. The minimum absolute atomic E-state index is 0.354. The number of nitrogens with zero attached hydrogens (tertiary/aromatic N) is 1. The molecule has 2 unspecified atom stereocenters. The third-order valence-corrected chi connectivity index (χ3v) is 3.86. The largest absolute Gasteiger partial charge is 0.465 e. The lowest BCUT2D eigenvalue weighted by atomic mass is 10.0. The summed E-state index contributed by atoms with van der Waals surface area (Å²) in [6.45, 7) is 6.31. The summed E-state index contributed by atoms with van der Waals surface area (Å²) in [6.07, 6.45) is 1.20. The number of anilines is 1. The average molecular weight is 262 g/mol. The first-order valence-electron chi connectivity index (χ1n) is 6.72. The maximum absolute atomic E-state index is 11.9. The fourth-order valence-corrected chi connectivity index (χ4v) is 2.93. The number of nitrogens with two attached hydrogens (primary N) is 1. The third kappa shape index (κ3) is 2.89. The quantitative estimate of drug-likeness (QED) is 0.670. The monoisotopic (exact) mass is 262 g/mol. The Morgan fingerprint density at radius 2 is 2.21 bits per heavy atom. The molecular formula is C15H22N2O2. The lowest BCUT2D eigenvalue weighted by molar-refractivity contribution is 0.0599. The Bertz CT molecular complexity index is 473. The summed E-state index contributed by atoms with van der Waals surface area (Å²) in [5.74, 6) is 0.352. The molecule has 1 saturated heterocycles. The molecule has 1 aromatic rings. The van der Waals surface area contributed by atoms with E-state index in [1.807, 2.05) is 12.1 Å². The summed E-state index contributed by atoms with van der Waals surface area (Å²) in [5, 5.41) is 0. The molecule has 104 valence electrons. The molecule has 1 fully saturated rings. The number of methoxy groups -OCH3 is 1. The number of carbonyl (C=O) groups is 1. The van der Waals surface area contributed by atoms with E-state index in [0.717, 1.165) is 18.7 Å². The van der Waals surface area contributed by atoms with Gasteiger partial charge in [-0.25, -0.2) is 4.79 Å². The molecule has 1 aliphatic heterocycles. The van der Waals surface area contributed by atoms with Crippen LogP contribution in [0.15, 0.2) is 18.2 Å². The van der Waals surface area contributed by atoms with Crippen LogP contribution in [0.2, 0.25) is 0 Å². The number of carbonyl (C=O) groups excluding carboxylic acids is 1. The summed E-state index contributed by atoms with van der Waals surface area (Å²) in [4.78, 5) is 14.2. The molecule has 1 aromatic carbocycles. The fraction of sp³-hybridized carbons (Fsp3) is 0.533. The van der Waals surface area contributed by atoms with E-state index in [4.69, 9.17) is 10.5 Å². The van der Waals surface area contributed by atoms with E-state index in [1.54, 1.807) is 6.07 Å². The van der Waals surface area contributed by atoms with Crippen molar-refractivity contribution in [3.8, 4) is 0 Å². The van der Waals surface area contributed by atoms with Gasteiger partial charge in [-0.15, -0.1) is 0 Å². The predicted molar refractivity (Wildman–Crippen MR) is 75.8 cm³/mol. The third-order valence-electron chi connectivity index (χ3n) is 3.86. The molecule has 4 nitrogen and oxygen atoms in total. The van der Waals surface area contributed by atoms with Crippen molar-refractivity contribution >= 4 is 11.7 Å². The standard InChI is InChI=1S/C15H22N2O2/c1-10-7-11(2)17(8-10)9-12-5-4-6-13(16)14(12)15(18)19-3/h4-6,10-11H,7-9,16H2,1-3H3. The summed E-state index contributed by atoms with van der Waals surface area (Å²) >= 11 is 0. The Labute approximate surface area is 114 Å². The van der Waals surface area contributed by atoms with Gasteiger partial charge in [-0.1, -0.05) is 19.1 Å². The van der Waals surface area contributed by atoms with Crippen LogP contribution >= 0.6 is 0 Å². The van der Waals surface area contributed by atoms with Crippen molar-refractivity contribution in [3.05, 3.63) is 29.3 Å². The Balaban J connectivity index is 2.25. The molecule has 19 heavy (non-hydrogen) atoms. The first kappa shape index (κ1) is 13.9. The first-order chi connectivity index (χ1) is 9.02. The van der Waals surface area contributed by atoms with E-state index in [9.17, 15) is 4.79 Å². The van der Waals surface area contributed by atoms with Crippen molar-refractivity contribution in [2.75, 3.05) is 19.4 Å². The van der Waals surface area contributed by atoms with Crippen LogP contribution in [0.1, 0.15) is 36.2 Å². The van der Waals surface area contributed by atoms with Gasteiger partial charge in [0.15, 0.2) is 0 Å². The van der Waals surface area contributed by atoms with Crippen LogP contribution in [0.25, 0.3) is 0 Å². The maximum Gasteiger partial charge on any atom is 0.340 e. The van der Waals surface area contributed by atoms with E-state index in [0.29, 0.717) is 23.2 Å². The molecule has 0 saturated carbocycles. The predicted octanol–water partition coefficient (Wildman–Crippen LogP) is 2.29. The van der Waals surface area contributed by atoms with Crippen molar-refractivity contribution in [1.82, 2.24) is 4.90 Å². The molecule has 4 heteroatoms. The summed E-state index contributed by atoms with van der Waals surface area (Å²) in [5.41, 5.74) is 7.87. The van der Waals surface area contributed by atoms with E-state index in [-0.39, 0.29) is 5.97 Å². The lowest BCUT2D eigenvalue weighted by Crippen LogP contribution is -2.27. The van der Waals surface area contributed by atoms with Crippen molar-refractivity contribution in [2.24, 2.45) is 5.92 Å². The molecule has 2 atom stereocenters. The van der Waals surface area contributed by atoms with Gasteiger partial charge in [-0.2, -0.15) is 0 Å². The SMILES string of the molecule is COC(=O)c1c(N)cccc1CN1CC(C)CC1C. The number of hydrogen-bond acceptors (Lipinski definition) is 4. The Hall–Kier alpha value is -1.55. The molecule has 0 radical (unpaired) electrons. The van der Waals surface area contributed by atoms with Crippen LogP contribution in [-0.4, -0.2) is 30.6 Å².